The molecule has 0 aromatic heterocycles. The van der Waals surface area contributed by atoms with Gasteiger partial charge in [-0.05, 0) is 35.8 Å². The van der Waals surface area contributed by atoms with Crippen LogP contribution in [0.25, 0.3) is 21.5 Å². The van der Waals surface area contributed by atoms with Crippen molar-refractivity contribution in [2.45, 2.75) is 13.8 Å². The summed E-state index contributed by atoms with van der Waals surface area (Å²) in [5.74, 6) is 0.817. The SMILES string of the molecule is COc1cccc(OC)c1[O-].COc1cccc(OC)c1[O-].Cc1cc2ccccc2[cH-]1.Cc1cc2ccccc2[cH-]1.[Zr+2].[Zr+2]. The molecule has 44 heavy (non-hydrogen) atoms. The molecule has 0 spiro atoms. The molecular formula is C36H36O6Zr2. The monoisotopic (exact) mass is 744 g/mol. The number of benzene rings is 4. The first-order valence-electron chi connectivity index (χ1n) is 13.3. The van der Waals surface area contributed by atoms with Gasteiger partial charge in [0.1, 0.15) is 23.0 Å². The minimum atomic E-state index is -0.211. The molecule has 6 rings (SSSR count). The Morgan fingerprint density at radius 3 is 1.02 bits per heavy atom. The smallest absolute Gasteiger partial charge is 0.867 e. The van der Waals surface area contributed by atoms with E-state index in [1.807, 2.05) is 0 Å². The van der Waals surface area contributed by atoms with Gasteiger partial charge in [0.2, 0.25) is 0 Å². The molecule has 0 aliphatic carbocycles. The first kappa shape index (κ1) is 38.7. The molecule has 224 valence electrons. The molecule has 0 heterocycles. The number of fused-ring (bicyclic) bond motifs is 2. The summed E-state index contributed by atoms with van der Waals surface area (Å²) in [6.45, 7) is 4.25. The first-order valence-corrected chi connectivity index (χ1v) is 13.3. The summed E-state index contributed by atoms with van der Waals surface area (Å²) in [7, 11) is 5.82. The van der Waals surface area contributed by atoms with Crippen LogP contribution in [-0.2, 0) is 52.4 Å². The van der Waals surface area contributed by atoms with Crippen LogP contribution in [0.1, 0.15) is 11.1 Å². The maximum absolute atomic E-state index is 11.2. The summed E-state index contributed by atoms with van der Waals surface area (Å²) in [6.07, 6.45) is 0. The quantitative estimate of drug-likeness (QED) is 0.177. The fraction of sp³-hybridized carbons (Fsp3) is 0.167. The number of hydrogen-bond acceptors (Lipinski definition) is 6. The number of para-hydroxylation sites is 2. The molecule has 6 aromatic rings. The Hall–Kier alpha value is -3.33. The van der Waals surface area contributed by atoms with Crippen molar-refractivity contribution in [3.05, 3.63) is 120 Å². The second-order valence-corrected chi connectivity index (χ2v) is 9.31. The summed E-state index contributed by atoms with van der Waals surface area (Å²) in [5.41, 5.74) is 2.70. The van der Waals surface area contributed by atoms with Crippen LogP contribution < -0.4 is 29.2 Å². The molecule has 0 saturated heterocycles. The molecule has 0 radical (unpaired) electrons. The van der Waals surface area contributed by atoms with Crippen molar-refractivity contribution >= 4 is 21.5 Å². The molecule has 0 aliphatic heterocycles. The molecule has 0 bridgehead atoms. The normalized spacial score (nSPS) is 9.41. The predicted molar refractivity (Wildman–Crippen MR) is 167 cm³/mol. The Bertz CT molecular complexity index is 1450. The molecule has 8 heteroatoms. The summed E-state index contributed by atoms with van der Waals surface area (Å²) in [4.78, 5) is 0. The molecule has 6 aromatic carbocycles. The van der Waals surface area contributed by atoms with Gasteiger partial charge in [-0.15, -0.1) is 81.2 Å². The van der Waals surface area contributed by atoms with Gasteiger partial charge in [0.15, 0.2) is 0 Å². The number of hydrogen-bond donors (Lipinski definition) is 0. The van der Waals surface area contributed by atoms with Gasteiger partial charge in [-0.3, -0.25) is 0 Å². The molecule has 0 N–H and O–H groups in total. The van der Waals surface area contributed by atoms with E-state index in [0.29, 0.717) is 23.0 Å². The zero-order valence-corrected chi connectivity index (χ0v) is 30.8. The van der Waals surface area contributed by atoms with Gasteiger partial charge in [0.05, 0.1) is 28.4 Å². The fourth-order valence-corrected chi connectivity index (χ4v) is 4.25. The summed E-state index contributed by atoms with van der Waals surface area (Å²) < 4.78 is 19.2. The molecule has 0 atom stereocenters. The van der Waals surface area contributed by atoms with Crippen molar-refractivity contribution in [3.8, 4) is 34.5 Å². The number of ether oxygens (including phenoxy) is 4. The van der Waals surface area contributed by atoms with Gasteiger partial charge in [0.25, 0.3) is 0 Å². The van der Waals surface area contributed by atoms with Crippen molar-refractivity contribution in [1.82, 2.24) is 0 Å². The minimum Gasteiger partial charge on any atom is -0.867 e. The van der Waals surface area contributed by atoms with E-state index < -0.39 is 0 Å². The third-order valence-corrected chi connectivity index (χ3v) is 6.29. The van der Waals surface area contributed by atoms with Gasteiger partial charge in [-0.2, -0.15) is 12.1 Å². The van der Waals surface area contributed by atoms with Crippen molar-refractivity contribution in [2.24, 2.45) is 0 Å². The number of rotatable bonds is 4. The fourth-order valence-electron chi connectivity index (χ4n) is 4.25. The van der Waals surface area contributed by atoms with Crippen LogP contribution in [0.15, 0.2) is 109 Å². The Labute approximate surface area is 298 Å². The van der Waals surface area contributed by atoms with E-state index in [0.717, 1.165) is 0 Å². The Morgan fingerprint density at radius 1 is 0.455 bits per heavy atom. The Morgan fingerprint density at radius 2 is 0.750 bits per heavy atom. The van der Waals surface area contributed by atoms with Crippen LogP contribution >= 0.6 is 0 Å². The van der Waals surface area contributed by atoms with E-state index in [1.165, 1.54) is 61.1 Å². The molecule has 0 unspecified atom stereocenters. The second-order valence-electron chi connectivity index (χ2n) is 9.31. The zero-order valence-electron chi connectivity index (χ0n) is 25.8. The topological polar surface area (TPSA) is 83.0 Å². The van der Waals surface area contributed by atoms with E-state index in [4.69, 9.17) is 18.9 Å². The Kier molecular flexibility index (Phi) is 17.5. The van der Waals surface area contributed by atoms with Crippen molar-refractivity contribution in [3.63, 3.8) is 0 Å². The zero-order chi connectivity index (χ0) is 30.5. The number of aryl methyl sites for hydroxylation is 2. The summed E-state index contributed by atoms with van der Waals surface area (Å²) in [5, 5.41) is 27.8. The van der Waals surface area contributed by atoms with Gasteiger partial charge in [0, 0.05) is 0 Å². The Balaban J connectivity index is 0.000000289. The van der Waals surface area contributed by atoms with Gasteiger partial charge in [-0.1, -0.05) is 38.1 Å². The molecule has 0 amide bonds. The molecule has 0 fully saturated rings. The van der Waals surface area contributed by atoms with E-state index in [-0.39, 0.29) is 63.9 Å². The summed E-state index contributed by atoms with van der Waals surface area (Å²) in [6, 6.07) is 35.5. The largest absolute Gasteiger partial charge is 2.00 e. The van der Waals surface area contributed by atoms with E-state index in [1.54, 1.807) is 36.4 Å². The molecule has 0 saturated carbocycles. The van der Waals surface area contributed by atoms with Crippen LogP contribution in [0.5, 0.6) is 34.5 Å². The van der Waals surface area contributed by atoms with Gasteiger partial charge < -0.3 is 29.2 Å². The predicted octanol–water partition coefficient (Wildman–Crippen LogP) is 7.28. The summed E-state index contributed by atoms with van der Waals surface area (Å²) >= 11 is 0. The average molecular weight is 747 g/mol. The molecule has 6 nitrogen and oxygen atoms in total. The maximum Gasteiger partial charge on any atom is 2.00 e. The standard InChI is InChI=1S/2C10H9.2C8H10O3.2Zr/c2*1-8-6-9-4-2-3-5-10(9)7-8;2*1-10-6-4-3-5-7(11-2)8(6)9;;/h2*2-7H,1H3;2*3-5,9H,1-2H3;;/q2*-1;;;2*+2/p-2. The average Bonchev–Trinajstić information content (AvgIpc) is 3.59. The van der Waals surface area contributed by atoms with Crippen molar-refractivity contribution in [2.75, 3.05) is 28.4 Å². The first-order chi connectivity index (χ1) is 20.3. The molecular weight excluding hydrogens is 711 g/mol. The van der Waals surface area contributed by atoms with Gasteiger partial charge >= 0.3 is 52.4 Å². The molecule has 0 aliphatic rings. The second kappa shape index (κ2) is 19.8. The third-order valence-electron chi connectivity index (χ3n) is 6.29. The van der Waals surface area contributed by atoms with Crippen LogP contribution in [0.2, 0.25) is 0 Å². The number of methoxy groups -OCH3 is 4. The van der Waals surface area contributed by atoms with Crippen LogP contribution in [0.3, 0.4) is 0 Å². The third kappa shape index (κ3) is 11.0. The van der Waals surface area contributed by atoms with Crippen molar-refractivity contribution < 1.29 is 81.6 Å². The van der Waals surface area contributed by atoms with Crippen molar-refractivity contribution in [1.29, 1.82) is 0 Å². The van der Waals surface area contributed by atoms with Crippen LogP contribution in [-0.4, -0.2) is 28.4 Å². The van der Waals surface area contributed by atoms with Crippen LogP contribution in [0, 0.1) is 13.8 Å². The van der Waals surface area contributed by atoms with E-state index in [2.05, 4.69) is 86.6 Å². The van der Waals surface area contributed by atoms with E-state index in [9.17, 15) is 10.2 Å². The van der Waals surface area contributed by atoms with E-state index >= 15 is 0 Å². The van der Waals surface area contributed by atoms with Gasteiger partial charge in [-0.25, -0.2) is 0 Å². The van der Waals surface area contributed by atoms with Crippen LogP contribution in [0.4, 0.5) is 0 Å². The maximum atomic E-state index is 11.2. The minimum absolute atomic E-state index is 0.